The summed E-state index contributed by atoms with van der Waals surface area (Å²) in [6.07, 6.45) is 3.90. The monoisotopic (exact) mass is 435 g/mol. The summed E-state index contributed by atoms with van der Waals surface area (Å²) in [5, 5.41) is 3.18. The Kier molecular flexibility index (Phi) is 8.29. The lowest BCUT2D eigenvalue weighted by Crippen LogP contribution is -2.37. The second kappa shape index (κ2) is 9.69. The SMILES string of the molecule is COc1cc(CN=C(N)NCC2CCC2)cc(OC)c1OC.I. The molecule has 0 saturated heterocycles. The van der Waals surface area contributed by atoms with Crippen molar-refractivity contribution in [1.29, 1.82) is 0 Å². The van der Waals surface area contributed by atoms with E-state index in [0.29, 0.717) is 29.8 Å². The van der Waals surface area contributed by atoms with Gasteiger partial charge in [0.05, 0.1) is 27.9 Å². The fraction of sp³-hybridized carbons (Fsp3) is 0.562. The maximum atomic E-state index is 5.90. The van der Waals surface area contributed by atoms with Crippen molar-refractivity contribution in [3.05, 3.63) is 17.7 Å². The van der Waals surface area contributed by atoms with Crippen LogP contribution in [0.5, 0.6) is 17.2 Å². The lowest BCUT2D eigenvalue weighted by atomic mass is 9.85. The molecule has 7 heteroatoms. The summed E-state index contributed by atoms with van der Waals surface area (Å²) in [4.78, 5) is 4.36. The first-order valence-corrected chi connectivity index (χ1v) is 7.50. The molecule has 23 heavy (non-hydrogen) atoms. The average Bonchev–Trinajstić information content (AvgIpc) is 2.50. The van der Waals surface area contributed by atoms with Crippen LogP contribution in [0.3, 0.4) is 0 Å². The molecule has 0 amide bonds. The first-order valence-electron chi connectivity index (χ1n) is 7.50. The molecule has 3 N–H and O–H groups in total. The van der Waals surface area contributed by atoms with Gasteiger partial charge in [-0.15, -0.1) is 24.0 Å². The van der Waals surface area contributed by atoms with Gasteiger partial charge in [0.1, 0.15) is 0 Å². The van der Waals surface area contributed by atoms with Crippen molar-refractivity contribution in [3.63, 3.8) is 0 Å². The van der Waals surface area contributed by atoms with Crippen LogP contribution < -0.4 is 25.3 Å². The highest BCUT2D eigenvalue weighted by Gasteiger charge is 2.17. The van der Waals surface area contributed by atoms with Crippen molar-refractivity contribution in [3.8, 4) is 17.2 Å². The van der Waals surface area contributed by atoms with Crippen LogP contribution in [-0.2, 0) is 6.54 Å². The lowest BCUT2D eigenvalue weighted by Gasteiger charge is -2.25. The van der Waals surface area contributed by atoms with E-state index in [-0.39, 0.29) is 24.0 Å². The Morgan fingerprint density at radius 2 is 1.78 bits per heavy atom. The maximum absolute atomic E-state index is 5.90. The number of hydrogen-bond donors (Lipinski definition) is 2. The molecule has 0 aromatic heterocycles. The number of hydrogen-bond acceptors (Lipinski definition) is 4. The summed E-state index contributed by atoms with van der Waals surface area (Å²) in [5.41, 5.74) is 6.84. The topological polar surface area (TPSA) is 78.1 Å². The second-order valence-electron chi connectivity index (χ2n) is 5.41. The number of nitrogens with one attached hydrogen (secondary N) is 1. The third-order valence-corrected chi connectivity index (χ3v) is 3.95. The van der Waals surface area contributed by atoms with Crippen LogP contribution in [0, 0.1) is 5.92 Å². The van der Waals surface area contributed by atoms with Gasteiger partial charge in [-0.2, -0.15) is 0 Å². The van der Waals surface area contributed by atoms with Gasteiger partial charge in [-0.05, 0) is 36.5 Å². The molecule has 1 saturated carbocycles. The molecule has 0 aliphatic heterocycles. The molecule has 0 radical (unpaired) electrons. The predicted molar refractivity (Wildman–Crippen MR) is 102 cm³/mol. The molecule has 0 spiro atoms. The van der Waals surface area contributed by atoms with Gasteiger partial charge < -0.3 is 25.3 Å². The molecule has 0 bridgehead atoms. The summed E-state index contributed by atoms with van der Waals surface area (Å²) in [6.45, 7) is 1.37. The highest BCUT2D eigenvalue weighted by atomic mass is 127. The quantitative estimate of drug-likeness (QED) is 0.391. The van der Waals surface area contributed by atoms with Crippen molar-refractivity contribution in [1.82, 2.24) is 5.32 Å². The normalized spacial score (nSPS) is 14.5. The summed E-state index contributed by atoms with van der Waals surface area (Å²) in [7, 11) is 4.78. The van der Waals surface area contributed by atoms with E-state index in [9.17, 15) is 0 Å². The van der Waals surface area contributed by atoms with Crippen LogP contribution in [0.1, 0.15) is 24.8 Å². The Morgan fingerprint density at radius 1 is 1.17 bits per heavy atom. The lowest BCUT2D eigenvalue weighted by molar-refractivity contribution is 0.315. The fourth-order valence-electron chi connectivity index (χ4n) is 2.40. The second-order valence-corrected chi connectivity index (χ2v) is 5.41. The van der Waals surface area contributed by atoms with Crippen molar-refractivity contribution < 1.29 is 14.2 Å². The van der Waals surface area contributed by atoms with Gasteiger partial charge in [0.15, 0.2) is 17.5 Å². The highest BCUT2D eigenvalue weighted by Crippen LogP contribution is 2.38. The standard InChI is InChI=1S/C16H25N3O3.HI/c1-20-13-7-12(8-14(21-2)15(13)22-3)10-19-16(17)18-9-11-5-4-6-11;/h7-8,11H,4-6,9-10H2,1-3H3,(H3,17,18,19);1H. The largest absolute Gasteiger partial charge is 0.493 e. The third kappa shape index (κ3) is 5.33. The minimum Gasteiger partial charge on any atom is -0.493 e. The number of halogens is 1. The summed E-state index contributed by atoms with van der Waals surface area (Å²) in [6, 6.07) is 3.76. The van der Waals surface area contributed by atoms with E-state index in [4.69, 9.17) is 19.9 Å². The van der Waals surface area contributed by atoms with Crippen LogP contribution in [0.2, 0.25) is 0 Å². The van der Waals surface area contributed by atoms with E-state index in [0.717, 1.165) is 18.0 Å². The summed E-state index contributed by atoms with van der Waals surface area (Å²) >= 11 is 0. The van der Waals surface area contributed by atoms with Crippen LogP contribution in [0.4, 0.5) is 0 Å². The first-order chi connectivity index (χ1) is 10.7. The van der Waals surface area contributed by atoms with Crippen LogP contribution in [-0.4, -0.2) is 33.8 Å². The number of nitrogens with two attached hydrogens (primary N) is 1. The Bertz CT molecular complexity index is 508. The van der Waals surface area contributed by atoms with Crippen molar-refractivity contribution in [2.24, 2.45) is 16.6 Å². The molecule has 1 aromatic rings. The Balaban J connectivity index is 0.00000264. The van der Waals surface area contributed by atoms with Crippen molar-refractivity contribution in [2.45, 2.75) is 25.8 Å². The van der Waals surface area contributed by atoms with Crippen LogP contribution >= 0.6 is 24.0 Å². The minimum absolute atomic E-state index is 0. The summed E-state index contributed by atoms with van der Waals surface area (Å²) < 4.78 is 16.0. The van der Waals surface area contributed by atoms with E-state index in [1.807, 2.05) is 12.1 Å². The summed E-state index contributed by atoms with van der Waals surface area (Å²) in [5.74, 6) is 3.03. The van der Waals surface area contributed by atoms with E-state index < -0.39 is 0 Å². The van der Waals surface area contributed by atoms with Gasteiger partial charge in [-0.25, -0.2) is 4.99 Å². The molecule has 0 atom stereocenters. The van der Waals surface area contributed by atoms with Gasteiger partial charge >= 0.3 is 0 Å². The smallest absolute Gasteiger partial charge is 0.203 e. The minimum atomic E-state index is 0. The van der Waals surface area contributed by atoms with Crippen LogP contribution in [0.15, 0.2) is 17.1 Å². The molecule has 6 nitrogen and oxygen atoms in total. The van der Waals surface area contributed by atoms with Crippen molar-refractivity contribution >= 4 is 29.9 Å². The molecule has 1 fully saturated rings. The number of methoxy groups -OCH3 is 3. The van der Waals surface area contributed by atoms with Crippen molar-refractivity contribution in [2.75, 3.05) is 27.9 Å². The van der Waals surface area contributed by atoms with E-state index in [2.05, 4.69) is 10.3 Å². The van der Waals surface area contributed by atoms with Gasteiger partial charge in [0.25, 0.3) is 0 Å². The molecule has 0 heterocycles. The predicted octanol–water partition coefficient (Wildman–Crippen LogP) is 2.53. The molecule has 2 rings (SSSR count). The molecule has 1 aliphatic rings. The number of ether oxygens (including phenoxy) is 3. The van der Waals surface area contributed by atoms with Gasteiger partial charge in [0, 0.05) is 6.54 Å². The first kappa shape index (κ1) is 19.7. The van der Waals surface area contributed by atoms with E-state index >= 15 is 0 Å². The molecule has 0 unspecified atom stereocenters. The number of benzene rings is 1. The molecule has 130 valence electrons. The average molecular weight is 435 g/mol. The van der Waals surface area contributed by atoms with Crippen LogP contribution in [0.25, 0.3) is 0 Å². The number of rotatable bonds is 7. The van der Waals surface area contributed by atoms with Gasteiger partial charge in [-0.3, -0.25) is 0 Å². The zero-order valence-electron chi connectivity index (χ0n) is 13.9. The van der Waals surface area contributed by atoms with Gasteiger partial charge in [-0.1, -0.05) is 6.42 Å². The van der Waals surface area contributed by atoms with E-state index in [1.165, 1.54) is 19.3 Å². The number of aliphatic imine (C=N–C) groups is 1. The van der Waals surface area contributed by atoms with Gasteiger partial charge in [0.2, 0.25) is 5.75 Å². The zero-order chi connectivity index (χ0) is 15.9. The fourth-order valence-corrected chi connectivity index (χ4v) is 2.40. The zero-order valence-corrected chi connectivity index (χ0v) is 16.3. The molecule has 1 aliphatic carbocycles. The number of nitrogens with zero attached hydrogens (tertiary/aromatic N) is 1. The Labute approximate surface area is 154 Å². The third-order valence-electron chi connectivity index (χ3n) is 3.95. The number of guanidine groups is 1. The highest BCUT2D eigenvalue weighted by molar-refractivity contribution is 14.0. The van der Waals surface area contributed by atoms with E-state index in [1.54, 1.807) is 21.3 Å². The maximum Gasteiger partial charge on any atom is 0.203 e. The Hall–Kier alpha value is -1.38. The molecular formula is C16H26IN3O3. The molecule has 1 aromatic carbocycles. The molecular weight excluding hydrogens is 409 g/mol. The Morgan fingerprint density at radius 3 is 2.22 bits per heavy atom.